The molecule has 2 aromatic carbocycles. The molecule has 92 valence electrons. The number of halogens is 2. The molecule has 0 heterocycles. The van der Waals surface area contributed by atoms with Crippen molar-refractivity contribution in [3.8, 4) is 11.5 Å². The highest BCUT2D eigenvalue weighted by Crippen LogP contribution is 2.25. The highest BCUT2D eigenvalue weighted by Gasteiger charge is 2.04. The minimum atomic E-state index is -0.382. The van der Waals surface area contributed by atoms with Crippen LogP contribution in [-0.4, -0.2) is 5.78 Å². The van der Waals surface area contributed by atoms with Gasteiger partial charge in [-0.15, -0.1) is 0 Å². The molecule has 0 saturated carbocycles. The average Bonchev–Trinajstić information content (AvgIpc) is 2.34. The van der Waals surface area contributed by atoms with Crippen molar-refractivity contribution in [3.63, 3.8) is 0 Å². The van der Waals surface area contributed by atoms with Gasteiger partial charge in [0.25, 0.3) is 0 Å². The number of ether oxygens (including phenoxy) is 1. The van der Waals surface area contributed by atoms with Gasteiger partial charge in [-0.1, -0.05) is 0 Å². The first-order valence-corrected chi connectivity index (χ1v) is 6.09. The summed E-state index contributed by atoms with van der Waals surface area (Å²) in [5.41, 5.74) is 0.615. The van der Waals surface area contributed by atoms with Crippen LogP contribution in [0.25, 0.3) is 0 Å². The molecule has 0 aromatic heterocycles. The highest BCUT2D eigenvalue weighted by molar-refractivity contribution is 9.10. The van der Waals surface area contributed by atoms with Crippen LogP contribution in [0.3, 0.4) is 0 Å². The number of rotatable bonds is 3. The predicted molar refractivity (Wildman–Crippen MR) is 70.6 cm³/mol. The Balaban J connectivity index is 2.18. The molecule has 18 heavy (non-hydrogen) atoms. The molecule has 2 aromatic rings. The summed E-state index contributed by atoms with van der Waals surface area (Å²) in [5.74, 6) is 0.581. The third-order valence-corrected chi connectivity index (χ3v) is 3.03. The van der Waals surface area contributed by atoms with Gasteiger partial charge in [0, 0.05) is 11.6 Å². The van der Waals surface area contributed by atoms with Crippen LogP contribution < -0.4 is 4.74 Å². The van der Waals surface area contributed by atoms with Gasteiger partial charge >= 0.3 is 0 Å². The van der Waals surface area contributed by atoms with E-state index in [0.29, 0.717) is 21.5 Å². The van der Waals surface area contributed by atoms with E-state index in [9.17, 15) is 9.18 Å². The fourth-order valence-electron chi connectivity index (χ4n) is 1.43. The van der Waals surface area contributed by atoms with E-state index in [0.717, 1.165) is 0 Å². The maximum Gasteiger partial charge on any atom is 0.159 e. The summed E-state index contributed by atoms with van der Waals surface area (Å²) in [7, 11) is 0. The third-order valence-electron chi connectivity index (χ3n) is 2.39. The minimum Gasteiger partial charge on any atom is -0.457 e. The fourth-order valence-corrected chi connectivity index (χ4v) is 1.68. The number of carbonyl (C=O) groups is 1. The molecule has 0 fully saturated rings. The summed E-state index contributed by atoms with van der Waals surface area (Å²) in [6.07, 6.45) is 0. The Morgan fingerprint density at radius 2 is 1.72 bits per heavy atom. The van der Waals surface area contributed by atoms with Crippen molar-refractivity contribution in [2.45, 2.75) is 6.92 Å². The van der Waals surface area contributed by atoms with E-state index >= 15 is 0 Å². The van der Waals surface area contributed by atoms with E-state index in [1.807, 2.05) is 0 Å². The van der Waals surface area contributed by atoms with Crippen LogP contribution in [0.1, 0.15) is 17.3 Å². The first-order chi connectivity index (χ1) is 8.56. The molecule has 0 amide bonds. The lowest BCUT2D eigenvalue weighted by Gasteiger charge is -2.06. The van der Waals surface area contributed by atoms with Crippen molar-refractivity contribution in [2.24, 2.45) is 0 Å². The molecule has 0 aliphatic carbocycles. The predicted octanol–water partition coefficient (Wildman–Crippen LogP) is 4.58. The molecular formula is C14H10BrFO2. The summed E-state index contributed by atoms with van der Waals surface area (Å²) >= 11 is 3.07. The molecular weight excluding hydrogens is 299 g/mol. The highest BCUT2D eigenvalue weighted by atomic mass is 79.9. The van der Waals surface area contributed by atoms with Gasteiger partial charge in [0.05, 0.1) is 4.47 Å². The first kappa shape index (κ1) is 12.8. The van der Waals surface area contributed by atoms with Gasteiger partial charge < -0.3 is 4.74 Å². The van der Waals surface area contributed by atoms with Crippen LogP contribution >= 0.6 is 15.9 Å². The Bertz CT molecular complexity index is 579. The Morgan fingerprint density at radius 3 is 2.28 bits per heavy atom. The lowest BCUT2D eigenvalue weighted by molar-refractivity contribution is 0.101. The zero-order chi connectivity index (χ0) is 13.1. The van der Waals surface area contributed by atoms with Gasteiger partial charge in [-0.3, -0.25) is 4.79 Å². The van der Waals surface area contributed by atoms with E-state index in [-0.39, 0.29) is 11.6 Å². The average molecular weight is 309 g/mol. The SMILES string of the molecule is CC(=O)c1ccc(Oc2ccc(Br)c(F)c2)cc1. The molecule has 0 saturated heterocycles. The molecule has 4 heteroatoms. The van der Waals surface area contributed by atoms with Gasteiger partial charge in [-0.25, -0.2) is 4.39 Å². The zero-order valence-corrected chi connectivity index (χ0v) is 11.2. The Hall–Kier alpha value is -1.68. The minimum absolute atomic E-state index is 0.00349. The Labute approximate surface area is 113 Å². The fraction of sp³-hybridized carbons (Fsp3) is 0.0714. The molecule has 0 aliphatic rings. The molecule has 0 aliphatic heterocycles. The summed E-state index contributed by atoms with van der Waals surface area (Å²) in [4.78, 5) is 11.1. The Morgan fingerprint density at radius 1 is 1.11 bits per heavy atom. The summed E-state index contributed by atoms with van der Waals surface area (Å²) in [5, 5.41) is 0. The van der Waals surface area contributed by atoms with Crippen LogP contribution in [0.15, 0.2) is 46.9 Å². The molecule has 0 radical (unpaired) electrons. The molecule has 0 N–H and O–H groups in total. The summed E-state index contributed by atoms with van der Waals surface area (Å²) < 4.78 is 19.1. The van der Waals surface area contributed by atoms with E-state index in [2.05, 4.69) is 15.9 Å². The number of hydrogen-bond acceptors (Lipinski definition) is 2. The molecule has 0 unspecified atom stereocenters. The van der Waals surface area contributed by atoms with E-state index < -0.39 is 0 Å². The lowest BCUT2D eigenvalue weighted by Crippen LogP contribution is -1.91. The normalized spacial score (nSPS) is 10.2. The Kier molecular flexibility index (Phi) is 3.77. The first-order valence-electron chi connectivity index (χ1n) is 5.30. The second-order valence-corrected chi connectivity index (χ2v) is 4.61. The van der Waals surface area contributed by atoms with Crippen LogP contribution in [0.5, 0.6) is 11.5 Å². The second kappa shape index (κ2) is 5.31. The number of Topliss-reactive ketones (excluding diaryl/α,β-unsaturated/α-hetero) is 1. The van der Waals surface area contributed by atoms with Crippen molar-refractivity contribution in [1.82, 2.24) is 0 Å². The molecule has 0 spiro atoms. The maximum absolute atomic E-state index is 13.3. The van der Waals surface area contributed by atoms with Crippen LogP contribution in [-0.2, 0) is 0 Å². The number of benzene rings is 2. The van der Waals surface area contributed by atoms with E-state index in [4.69, 9.17) is 4.74 Å². The monoisotopic (exact) mass is 308 g/mol. The molecule has 0 atom stereocenters. The second-order valence-electron chi connectivity index (χ2n) is 3.76. The van der Waals surface area contributed by atoms with Gasteiger partial charge in [0.15, 0.2) is 5.78 Å². The van der Waals surface area contributed by atoms with E-state index in [1.165, 1.54) is 13.0 Å². The molecule has 0 bridgehead atoms. The van der Waals surface area contributed by atoms with Crippen LogP contribution in [0, 0.1) is 5.82 Å². The van der Waals surface area contributed by atoms with Crippen molar-refractivity contribution < 1.29 is 13.9 Å². The van der Waals surface area contributed by atoms with Crippen molar-refractivity contribution in [3.05, 3.63) is 58.3 Å². The molecule has 2 rings (SSSR count). The van der Waals surface area contributed by atoms with Crippen molar-refractivity contribution in [2.75, 3.05) is 0 Å². The largest absolute Gasteiger partial charge is 0.457 e. The third kappa shape index (κ3) is 2.96. The van der Waals surface area contributed by atoms with Gasteiger partial charge in [0.1, 0.15) is 17.3 Å². The van der Waals surface area contributed by atoms with E-state index in [1.54, 1.807) is 36.4 Å². The quantitative estimate of drug-likeness (QED) is 0.776. The summed E-state index contributed by atoms with van der Waals surface area (Å²) in [6.45, 7) is 1.50. The lowest BCUT2D eigenvalue weighted by atomic mass is 10.1. The van der Waals surface area contributed by atoms with Crippen LogP contribution in [0.2, 0.25) is 0 Å². The van der Waals surface area contributed by atoms with Crippen LogP contribution in [0.4, 0.5) is 4.39 Å². The molecule has 2 nitrogen and oxygen atoms in total. The van der Waals surface area contributed by atoms with Gasteiger partial charge in [0.2, 0.25) is 0 Å². The maximum atomic E-state index is 13.3. The zero-order valence-electron chi connectivity index (χ0n) is 9.61. The standard InChI is InChI=1S/C14H10BrFO2/c1-9(17)10-2-4-11(5-3-10)18-12-6-7-13(15)14(16)8-12/h2-8H,1H3. The smallest absolute Gasteiger partial charge is 0.159 e. The number of ketones is 1. The van der Waals surface area contributed by atoms with Gasteiger partial charge in [-0.05, 0) is 59.3 Å². The van der Waals surface area contributed by atoms with Gasteiger partial charge in [-0.2, -0.15) is 0 Å². The topological polar surface area (TPSA) is 26.3 Å². The van der Waals surface area contributed by atoms with Crippen molar-refractivity contribution in [1.29, 1.82) is 0 Å². The summed E-state index contributed by atoms with van der Waals surface area (Å²) in [6, 6.07) is 11.2. The number of carbonyl (C=O) groups excluding carboxylic acids is 1. The van der Waals surface area contributed by atoms with Crippen molar-refractivity contribution >= 4 is 21.7 Å². The number of hydrogen-bond donors (Lipinski definition) is 0.